The minimum absolute atomic E-state index is 0. The normalized spacial score (nSPS) is 10.9. The Hall–Kier alpha value is -1.84. The van der Waals surface area contributed by atoms with E-state index in [0.29, 0.717) is 6.54 Å². The molecule has 1 heterocycles. The molecule has 0 aliphatic heterocycles. The van der Waals surface area contributed by atoms with Crippen LogP contribution in [-0.4, -0.2) is 41.4 Å². The average molecular weight is 444 g/mol. The molecule has 2 N–H and O–H groups in total. The highest BCUT2D eigenvalue weighted by atomic mass is 127. The van der Waals surface area contributed by atoms with E-state index < -0.39 is 0 Å². The van der Waals surface area contributed by atoms with Gasteiger partial charge in [0.25, 0.3) is 0 Å². The Morgan fingerprint density at radius 3 is 2.75 bits per heavy atom. The lowest BCUT2D eigenvalue weighted by atomic mass is 10.1. The van der Waals surface area contributed by atoms with Crippen molar-refractivity contribution < 1.29 is 4.74 Å². The number of aliphatic imine (C=N–C) groups is 1. The predicted molar refractivity (Wildman–Crippen MR) is 106 cm³/mol. The Morgan fingerprint density at radius 1 is 1.33 bits per heavy atom. The van der Waals surface area contributed by atoms with Gasteiger partial charge >= 0.3 is 0 Å². The first kappa shape index (κ1) is 20.2. The maximum atomic E-state index is 5.35. The topological polar surface area (TPSA) is 76.4 Å². The zero-order valence-electron chi connectivity index (χ0n) is 14.5. The largest absolute Gasteiger partial charge is 0.496 e. The fourth-order valence-electron chi connectivity index (χ4n) is 2.20. The van der Waals surface area contributed by atoms with Crippen LogP contribution in [0.3, 0.4) is 0 Å². The third kappa shape index (κ3) is 5.66. The quantitative estimate of drug-likeness (QED) is 0.403. The summed E-state index contributed by atoms with van der Waals surface area (Å²) in [4.78, 5) is 4.21. The standard InChI is InChI=1S/C16H24N6O.HI/c1-12-5-6-13(9-14(12)23-4)7-8-18-16(17-2)19-10-15-21-20-11-22(15)3;/h5-6,9,11H,7-8,10H2,1-4H3,(H2,17,18,19);1H. The Kier molecular flexibility index (Phi) is 8.51. The van der Waals surface area contributed by atoms with E-state index in [2.05, 4.69) is 44.0 Å². The van der Waals surface area contributed by atoms with E-state index in [-0.39, 0.29) is 24.0 Å². The third-order valence-electron chi connectivity index (χ3n) is 3.62. The van der Waals surface area contributed by atoms with Crippen molar-refractivity contribution in [3.05, 3.63) is 41.5 Å². The van der Waals surface area contributed by atoms with Gasteiger partial charge in [0, 0.05) is 20.6 Å². The Morgan fingerprint density at radius 2 is 2.12 bits per heavy atom. The number of aryl methyl sites for hydroxylation is 2. The summed E-state index contributed by atoms with van der Waals surface area (Å²) in [5, 5.41) is 14.4. The van der Waals surface area contributed by atoms with Crippen molar-refractivity contribution in [1.29, 1.82) is 0 Å². The molecule has 0 spiro atoms. The van der Waals surface area contributed by atoms with Crippen LogP contribution in [0.15, 0.2) is 29.5 Å². The highest BCUT2D eigenvalue weighted by Crippen LogP contribution is 2.18. The number of hydrogen-bond donors (Lipinski definition) is 2. The maximum Gasteiger partial charge on any atom is 0.191 e. The molecule has 1 aromatic heterocycles. The Balaban J connectivity index is 0.00000288. The van der Waals surface area contributed by atoms with Crippen molar-refractivity contribution in [1.82, 2.24) is 25.4 Å². The lowest BCUT2D eigenvalue weighted by Gasteiger charge is -2.12. The maximum absolute atomic E-state index is 5.35. The number of guanidine groups is 1. The fraction of sp³-hybridized carbons (Fsp3) is 0.438. The summed E-state index contributed by atoms with van der Waals surface area (Å²) < 4.78 is 7.23. The molecular formula is C16H25IN6O. The zero-order valence-corrected chi connectivity index (χ0v) is 16.9. The minimum Gasteiger partial charge on any atom is -0.496 e. The van der Waals surface area contributed by atoms with Crippen molar-refractivity contribution >= 4 is 29.9 Å². The van der Waals surface area contributed by atoms with Crippen LogP contribution < -0.4 is 15.4 Å². The molecule has 2 aromatic rings. The fourth-order valence-corrected chi connectivity index (χ4v) is 2.20. The number of hydrogen-bond acceptors (Lipinski definition) is 4. The van der Waals surface area contributed by atoms with E-state index >= 15 is 0 Å². The molecule has 8 heteroatoms. The second-order valence-electron chi connectivity index (χ2n) is 5.26. The van der Waals surface area contributed by atoms with E-state index in [4.69, 9.17) is 4.74 Å². The van der Waals surface area contributed by atoms with E-state index in [1.165, 1.54) is 5.56 Å². The van der Waals surface area contributed by atoms with Crippen molar-refractivity contribution in [3.8, 4) is 5.75 Å². The molecule has 0 fully saturated rings. The van der Waals surface area contributed by atoms with Crippen LogP contribution in [-0.2, 0) is 20.0 Å². The molecule has 0 saturated heterocycles. The highest BCUT2D eigenvalue weighted by molar-refractivity contribution is 14.0. The van der Waals surface area contributed by atoms with E-state index in [1.54, 1.807) is 20.5 Å². The second-order valence-corrected chi connectivity index (χ2v) is 5.26. The number of methoxy groups -OCH3 is 1. The van der Waals surface area contributed by atoms with Gasteiger partial charge in [-0.2, -0.15) is 0 Å². The molecule has 0 atom stereocenters. The third-order valence-corrected chi connectivity index (χ3v) is 3.62. The zero-order chi connectivity index (χ0) is 16.7. The summed E-state index contributed by atoms with van der Waals surface area (Å²) in [5.41, 5.74) is 2.37. The van der Waals surface area contributed by atoms with E-state index in [0.717, 1.165) is 36.1 Å². The summed E-state index contributed by atoms with van der Waals surface area (Å²) in [6.45, 7) is 3.40. The first-order valence-corrected chi connectivity index (χ1v) is 7.55. The summed E-state index contributed by atoms with van der Waals surface area (Å²) in [6.07, 6.45) is 2.57. The molecule has 2 rings (SSSR count). The van der Waals surface area contributed by atoms with Gasteiger partial charge in [-0.1, -0.05) is 12.1 Å². The van der Waals surface area contributed by atoms with Gasteiger partial charge in [0.2, 0.25) is 0 Å². The molecule has 0 aliphatic carbocycles. The van der Waals surface area contributed by atoms with Crippen LogP contribution in [0.1, 0.15) is 17.0 Å². The number of halogens is 1. The first-order valence-electron chi connectivity index (χ1n) is 7.55. The molecule has 0 aliphatic rings. The molecule has 7 nitrogen and oxygen atoms in total. The molecule has 0 radical (unpaired) electrons. The van der Waals surface area contributed by atoms with Crippen molar-refractivity contribution in [2.24, 2.45) is 12.0 Å². The van der Waals surface area contributed by atoms with Crippen molar-refractivity contribution in [2.45, 2.75) is 19.9 Å². The molecular weight excluding hydrogens is 419 g/mol. The van der Waals surface area contributed by atoms with Gasteiger partial charge in [0.15, 0.2) is 11.8 Å². The van der Waals surface area contributed by atoms with Gasteiger partial charge < -0.3 is 19.9 Å². The van der Waals surface area contributed by atoms with E-state index in [9.17, 15) is 0 Å². The number of benzene rings is 1. The number of nitrogens with one attached hydrogen (secondary N) is 2. The lowest BCUT2D eigenvalue weighted by Crippen LogP contribution is -2.38. The number of nitrogens with zero attached hydrogens (tertiary/aromatic N) is 4. The summed E-state index contributed by atoms with van der Waals surface area (Å²) >= 11 is 0. The molecule has 0 unspecified atom stereocenters. The summed E-state index contributed by atoms with van der Waals surface area (Å²) in [5.74, 6) is 2.52. The van der Waals surface area contributed by atoms with Crippen LogP contribution in [0, 0.1) is 6.92 Å². The van der Waals surface area contributed by atoms with Gasteiger partial charge in [-0.15, -0.1) is 34.2 Å². The molecule has 0 saturated carbocycles. The van der Waals surface area contributed by atoms with Crippen molar-refractivity contribution in [3.63, 3.8) is 0 Å². The first-order chi connectivity index (χ1) is 11.1. The summed E-state index contributed by atoms with van der Waals surface area (Å²) in [6, 6.07) is 6.28. The van der Waals surface area contributed by atoms with E-state index in [1.807, 2.05) is 18.5 Å². The number of ether oxygens (including phenoxy) is 1. The SMILES string of the molecule is CN=C(NCCc1ccc(C)c(OC)c1)NCc1nncn1C.I. The monoisotopic (exact) mass is 444 g/mol. The minimum atomic E-state index is 0. The molecule has 24 heavy (non-hydrogen) atoms. The Bertz CT molecular complexity index is 670. The summed E-state index contributed by atoms with van der Waals surface area (Å²) in [7, 11) is 5.36. The van der Waals surface area contributed by atoms with Gasteiger partial charge in [0.1, 0.15) is 12.1 Å². The predicted octanol–water partition coefficient (Wildman–Crippen LogP) is 1.66. The number of aromatic nitrogens is 3. The van der Waals surface area contributed by atoms with Crippen LogP contribution >= 0.6 is 24.0 Å². The molecule has 1 aromatic carbocycles. The second kappa shape index (κ2) is 10.1. The highest BCUT2D eigenvalue weighted by Gasteiger charge is 2.04. The lowest BCUT2D eigenvalue weighted by molar-refractivity contribution is 0.411. The average Bonchev–Trinajstić information content (AvgIpc) is 2.97. The van der Waals surface area contributed by atoms with Crippen LogP contribution in [0.25, 0.3) is 0 Å². The number of rotatable bonds is 6. The molecule has 132 valence electrons. The van der Waals surface area contributed by atoms with Crippen LogP contribution in [0.4, 0.5) is 0 Å². The molecule has 0 bridgehead atoms. The Labute approximate surface area is 159 Å². The van der Waals surface area contributed by atoms with Gasteiger partial charge in [-0.25, -0.2) is 0 Å². The van der Waals surface area contributed by atoms with Gasteiger partial charge in [-0.3, -0.25) is 4.99 Å². The smallest absolute Gasteiger partial charge is 0.191 e. The van der Waals surface area contributed by atoms with Crippen LogP contribution in [0.5, 0.6) is 5.75 Å². The van der Waals surface area contributed by atoms with Gasteiger partial charge in [0.05, 0.1) is 13.7 Å². The van der Waals surface area contributed by atoms with Crippen molar-refractivity contribution in [2.75, 3.05) is 20.7 Å². The van der Waals surface area contributed by atoms with Crippen LogP contribution in [0.2, 0.25) is 0 Å². The molecule has 0 amide bonds. The van der Waals surface area contributed by atoms with Gasteiger partial charge in [-0.05, 0) is 30.5 Å².